The molecule has 0 spiro atoms. The summed E-state index contributed by atoms with van der Waals surface area (Å²) in [4.78, 5) is 0.291. The second kappa shape index (κ2) is 5.83. The molecule has 2 N–H and O–H groups in total. The molecule has 2 aromatic carbocycles. The zero-order chi connectivity index (χ0) is 18.6. The number of rotatable bonds is 5. The average Bonchev–Trinajstić information content (AvgIpc) is 3.07. The summed E-state index contributed by atoms with van der Waals surface area (Å²) in [5.74, 6) is 0.379. The highest BCUT2D eigenvalue weighted by molar-refractivity contribution is 7.92. The zero-order valence-electron chi connectivity index (χ0n) is 15.5. The number of nitrogens with one attached hydrogen (secondary N) is 2. The molecule has 1 saturated carbocycles. The number of anilines is 1. The summed E-state index contributed by atoms with van der Waals surface area (Å²) < 4.78 is 27.9. The maximum Gasteiger partial charge on any atom is 0.261 e. The monoisotopic (exact) mass is 370 g/mol. The highest BCUT2D eigenvalue weighted by Crippen LogP contribution is 2.66. The summed E-state index contributed by atoms with van der Waals surface area (Å²) in [7, 11) is -3.57. The quantitative estimate of drug-likeness (QED) is 0.840. The number of sulfonamides is 1. The number of fused-ring (bicyclic) bond motifs is 1. The van der Waals surface area contributed by atoms with Gasteiger partial charge in [0.25, 0.3) is 10.0 Å². The van der Waals surface area contributed by atoms with Gasteiger partial charge in [0.05, 0.1) is 4.90 Å². The Morgan fingerprint density at radius 1 is 1.00 bits per heavy atom. The summed E-state index contributed by atoms with van der Waals surface area (Å²) in [6.45, 7) is 8.58. The van der Waals surface area contributed by atoms with Crippen LogP contribution >= 0.6 is 0 Å². The van der Waals surface area contributed by atoms with Gasteiger partial charge < -0.3 is 5.32 Å². The van der Waals surface area contributed by atoms with Crippen LogP contribution in [0.2, 0.25) is 0 Å². The standard InChI is InChI=1S/C21H26N2O2S/c1-15(2)16-4-10-19(11-5-16)26(24,25)23-18-8-6-17(7-9-18)21-12-20(21,3)13-22-14-21/h4-11,15,22-23H,12-14H2,1-3H3. The fourth-order valence-electron chi connectivity index (χ4n) is 4.34. The molecule has 2 aliphatic rings. The molecule has 0 amide bonds. The summed E-state index contributed by atoms with van der Waals surface area (Å²) in [6.07, 6.45) is 1.21. The van der Waals surface area contributed by atoms with E-state index in [4.69, 9.17) is 0 Å². The van der Waals surface area contributed by atoms with E-state index >= 15 is 0 Å². The zero-order valence-corrected chi connectivity index (χ0v) is 16.4. The van der Waals surface area contributed by atoms with Crippen molar-refractivity contribution in [3.63, 3.8) is 0 Å². The Morgan fingerprint density at radius 3 is 2.15 bits per heavy atom. The number of benzene rings is 2. The number of hydrogen-bond acceptors (Lipinski definition) is 3. The minimum atomic E-state index is -3.57. The van der Waals surface area contributed by atoms with Crippen LogP contribution in [0.15, 0.2) is 53.4 Å². The average molecular weight is 371 g/mol. The molecule has 0 aromatic heterocycles. The van der Waals surface area contributed by atoms with E-state index < -0.39 is 10.0 Å². The molecule has 1 aliphatic carbocycles. The van der Waals surface area contributed by atoms with Crippen molar-refractivity contribution in [3.05, 3.63) is 59.7 Å². The Labute approximate surface area is 156 Å². The smallest absolute Gasteiger partial charge is 0.261 e. The molecule has 2 atom stereocenters. The van der Waals surface area contributed by atoms with E-state index in [1.165, 1.54) is 12.0 Å². The lowest BCUT2D eigenvalue weighted by Gasteiger charge is -2.16. The Balaban J connectivity index is 1.52. The van der Waals surface area contributed by atoms with Crippen molar-refractivity contribution >= 4 is 15.7 Å². The predicted molar refractivity (Wildman–Crippen MR) is 105 cm³/mol. The van der Waals surface area contributed by atoms with Crippen LogP contribution in [0.3, 0.4) is 0 Å². The van der Waals surface area contributed by atoms with Crippen LogP contribution in [0, 0.1) is 5.41 Å². The van der Waals surface area contributed by atoms with Crippen molar-refractivity contribution < 1.29 is 8.42 Å². The lowest BCUT2D eigenvalue weighted by molar-refractivity contribution is 0.554. The van der Waals surface area contributed by atoms with Crippen molar-refractivity contribution in [3.8, 4) is 0 Å². The molecule has 26 heavy (non-hydrogen) atoms. The van der Waals surface area contributed by atoms with E-state index in [0.717, 1.165) is 18.7 Å². The van der Waals surface area contributed by atoms with Gasteiger partial charge in [0.15, 0.2) is 0 Å². The van der Waals surface area contributed by atoms with Gasteiger partial charge in [0.1, 0.15) is 0 Å². The molecule has 0 bridgehead atoms. The summed E-state index contributed by atoms with van der Waals surface area (Å²) >= 11 is 0. The van der Waals surface area contributed by atoms with Crippen LogP contribution in [0.5, 0.6) is 0 Å². The fraction of sp³-hybridized carbons (Fsp3) is 0.429. The van der Waals surface area contributed by atoms with Crippen molar-refractivity contribution in [1.29, 1.82) is 0 Å². The molecule has 0 radical (unpaired) electrons. The van der Waals surface area contributed by atoms with E-state index in [1.807, 2.05) is 24.3 Å². The normalized spacial score (nSPS) is 27.4. The van der Waals surface area contributed by atoms with Crippen molar-refractivity contribution in [1.82, 2.24) is 5.32 Å². The summed E-state index contributed by atoms with van der Waals surface area (Å²) in [6, 6.07) is 15.0. The van der Waals surface area contributed by atoms with Crippen LogP contribution in [0.4, 0.5) is 5.69 Å². The molecule has 1 heterocycles. The van der Waals surface area contributed by atoms with E-state index in [1.54, 1.807) is 12.1 Å². The van der Waals surface area contributed by atoms with Crippen molar-refractivity contribution in [2.24, 2.45) is 5.41 Å². The molecule has 2 unspecified atom stereocenters. The Bertz CT molecular complexity index is 915. The van der Waals surface area contributed by atoms with Crippen molar-refractivity contribution in [2.45, 2.75) is 43.4 Å². The molecule has 1 aliphatic heterocycles. The third-order valence-electron chi connectivity index (χ3n) is 6.21. The highest BCUT2D eigenvalue weighted by Gasteiger charge is 2.67. The minimum Gasteiger partial charge on any atom is -0.315 e. The Hall–Kier alpha value is -1.85. The van der Waals surface area contributed by atoms with Crippen LogP contribution in [0.25, 0.3) is 0 Å². The van der Waals surface area contributed by atoms with Gasteiger partial charge >= 0.3 is 0 Å². The maximum atomic E-state index is 12.6. The SMILES string of the molecule is CC(C)c1ccc(S(=O)(=O)Nc2ccc(C34CNCC3(C)C4)cc2)cc1. The fourth-order valence-corrected chi connectivity index (χ4v) is 5.40. The van der Waals surface area contributed by atoms with Gasteiger partial charge in [0, 0.05) is 24.2 Å². The molecule has 2 aromatic rings. The molecule has 138 valence electrons. The summed E-state index contributed by atoms with van der Waals surface area (Å²) in [5, 5.41) is 3.48. The lowest BCUT2D eigenvalue weighted by atomic mass is 9.90. The van der Waals surface area contributed by atoms with E-state index in [9.17, 15) is 8.42 Å². The molecule has 4 rings (SSSR count). The lowest BCUT2D eigenvalue weighted by Crippen LogP contribution is -2.19. The Kier molecular flexibility index (Phi) is 3.93. The van der Waals surface area contributed by atoms with E-state index in [2.05, 4.69) is 42.9 Å². The largest absolute Gasteiger partial charge is 0.315 e. The second-order valence-corrected chi connectivity index (χ2v) is 10.0. The maximum absolute atomic E-state index is 12.6. The first kappa shape index (κ1) is 17.6. The predicted octanol–water partition coefficient (Wildman–Crippen LogP) is 3.86. The molecule has 2 fully saturated rings. The van der Waals surface area contributed by atoms with E-state index in [0.29, 0.717) is 21.9 Å². The molecular formula is C21H26N2O2S. The third-order valence-corrected chi connectivity index (χ3v) is 7.61. The van der Waals surface area contributed by atoms with Crippen molar-refractivity contribution in [2.75, 3.05) is 17.8 Å². The molecule has 1 saturated heterocycles. The minimum absolute atomic E-state index is 0.233. The summed E-state index contributed by atoms with van der Waals surface area (Å²) in [5.41, 5.74) is 3.62. The van der Waals surface area contributed by atoms with Gasteiger partial charge in [-0.2, -0.15) is 0 Å². The third kappa shape index (κ3) is 2.74. The topological polar surface area (TPSA) is 58.2 Å². The first-order chi connectivity index (χ1) is 12.3. The Morgan fingerprint density at radius 2 is 1.65 bits per heavy atom. The first-order valence-corrected chi connectivity index (χ1v) is 10.7. The molecule has 4 nitrogen and oxygen atoms in total. The van der Waals surface area contributed by atoms with Crippen LogP contribution in [-0.2, 0) is 15.4 Å². The highest BCUT2D eigenvalue weighted by atomic mass is 32.2. The van der Waals surface area contributed by atoms with Gasteiger partial charge in [-0.15, -0.1) is 0 Å². The van der Waals surface area contributed by atoms with Crippen LogP contribution < -0.4 is 10.0 Å². The van der Waals surface area contributed by atoms with Gasteiger partial charge in [-0.05, 0) is 53.1 Å². The van der Waals surface area contributed by atoms with Crippen LogP contribution in [0.1, 0.15) is 44.2 Å². The van der Waals surface area contributed by atoms with Gasteiger partial charge in [-0.1, -0.05) is 45.0 Å². The number of hydrogen-bond donors (Lipinski definition) is 2. The second-order valence-electron chi connectivity index (χ2n) is 8.33. The number of piperidine rings is 1. The molecule has 5 heteroatoms. The van der Waals surface area contributed by atoms with Crippen LogP contribution in [-0.4, -0.2) is 21.5 Å². The van der Waals surface area contributed by atoms with E-state index in [-0.39, 0.29) is 5.41 Å². The van der Waals surface area contributed by atoms with Gasteiger partial charge in [0.2, 0.25) is 0 Å². The molecular weight excluding hydrogens is 344 g/mol. The van der Waals surface area contributed by atoms with Gasteiger partial charge in [-0.3, -0.25) is 4.72 Å². The first-order valence-electron chi connectivity index (χ1n) is 9.20. The van der Waals surface area contributed by atoms with Gasteiger partial charge in [-0.25, -0.2) is 8.42 Å².